The second kappa shape index (κ2) is 15.1. The first-order chi connectivity index (χ1) is 30.7. The average Bonchev–Trinajstić information content (AvgIpc) is 3.85. The summed E-state index contributed by atoms with van der Waals surface area (Å²) in [5.41, 5.74) is 15.4. The minimum Gasteiger partial charge on any atom is -0.457 e. The molecule has 3 aliphatic rings. The van der Waals surface area contributed by atoms with Gasteiger partial charge < -0.3 is 19.3 Å². The molecular formula is C56H48BN5O. The van der Waals surface area contributed by atoms with Crippen molar-refractivity contribution in [1.29, 1.82) is 0 Å². The van der Waals surface area contributed by atoms with Gasteiger partial charge in [0, 0.05) is 40.4 Å². The van der Waals surface area contributed by atoms with Crippen molar-refractivity contribution in [3.05, 3.63) is 222 Å². The van der Waals surface area contributed by atoms with Gasteiger partial charge in [-0.05, 0) is 126 Å². The Labute approximate surface area is 370 Å². The monoisotopic (exact) mass is 817 g/mol. The minimum absolute atomic E-state index is 0.00770. The lowest BCUT2D eigenvalue weighted by Gasteiger charge is -2.37. The van der Waals surface area contributed by atoms with Gasteiger partial charge in [0.15, 0.2) is 0 Å². The molecule has 8 aromatic rings. The Morgan fingerprint density at radius 1 is 0.603 bits per heavy atom. The molecule has 0 saturated carbocycles. The van der Waals surface area contributed by atoms with E-state index in [4.69, 9.17) is 9.72 Å². The molecule has 3 aliphatic heterocycles. The predicted molar refractivity (Wildman–Crippen MR) is 263 cm³/mol. The SMILES string of the molecule is Cc1ccc(C2=CB3C(N4CN(c5cccc(Oc6ccc7c8ccccc8n(-c8cc(C(C)(C)C)ccn8)c7c6)c5)c5ccccc54)=C(c4ccc(C)cc4)C=CN3C=C2)cc1. The van der Waals surface area contributed by atoms with Crippen molar-refractivity contribution in [2.75, 3.05) is 16.5 Å². The van der Waals surface area contributed by atoms with Crippen LogP contribution >= 0.6 is 0 Å². The zero-order valence-electron chi connectivity index (χ0n) is 36.3. The highest BCUT2D eigenvalue weighted by Gasteiger charge is 2.39. The topological polar surface area (TPSA) is 36.8 Å². The maximum Gasteiger partial charge on any atom is 0.338 e. The van der Waals surface area contributed by atoms with E-state index in [2.05, 4.69) is 230 Å². The molecule has 63 heavy (non-hydrogen) atoms. The smallest absolute Gasteiger partial charge is 0.338 e. The van der Waals surface area contributed by atoms with Crippen molar-refractivity contribution < 1.29 is 4.74 Å². The number of aromatic nitrogens is 2. The first-order valence-electron chi connectivity index (χ1n) is 21.8. The summed E-state index contributed by atoms with van der Waals surface area (Å²) in [7, 11) is 0. The van der Waals surface area contributed by atoms with Crippen LogP contribution in [-0.4, -0.2) is 27.9 Å². The Morgan fingerprint density at radius 3 is 2.06 bits per heavy atom. The van der Waals surface area contributed by atoms with Crippen LogP contribution in [0.4, 0.5) is 17.1 Å². The van der Waals surface area contributed by atoms with Crippen LogP contribution in [0.2, 0.25) is 0 Å². The van der Waals surface area contributed by atoms with Gasteiger partial charge in [-0.25, -0.2) is 4.98 Å². The van der Waals surface area contributed by atoms with E-state index < -0.39 is 0 Å². The number of hydrogen-bond acceptors (Lipinski definition) is 5. The Balaban J connectivity index is 0.967. The van der Waals surface area contributed by atoms with Crippen molar-refractivity contribution >= 4 is 56.9 Å². The van der Waals surface area contributed by atoms with Crippen LogP contribution in [0.1, 0.15) is 48.6 Å². The molecule has 306 valence electrons. The number of anilines is 3. The van der Waals surface area contributed by atoms with E-state index in [-0.39, 0.29) is 12.3 Å². The maximum atomic E-state index is 6.78. The maximum absolute atomic E-state index is 6.78. The van der Waals surface area contributed by atoms with Gasteiger partial charge in [-0.3, -0.25) is 4.57 Å². The lowest BCUT2D eigenvalue weighted by atomic mass is 9.51. The second-order valence-electron chi connectivity index (χ2n) is 17.9. The van der Waals surface area contributed by atoms with Crippen LogP contribution < -0.4 is 14.5 Å². The Hall–Kier alpha value is -7.51. The molecule has 11 rings (SSSR count). The van der Waals surface area contributed by atoms with Gasteiger partial charge in [0.1, 0.15) is 17.3 Å². The summed E-state index contributed by atoms with van der Waals surface area (Å²) in [6.45, 7) is 11.6. The molecule has 0 amide bonds. The highest BCUT2D eigenvalue weighted by molar-refractivity contribution is 6.73. The molecule has 0 atom stereocenters. The first-order valence-corrected chi connectivity index (χ1v) is 21.8. The molecule has 0 aliphatic carbocycles. The molecule has 6 nitrogen and oxygen atoms in total. The molecular weight excluding hydrogens is 769 g/mol. The number of para-hydroxylation sites is 3. The summed E-state index contributed by atoms with van der Waals surface area (Å²) in [6.07, 6.45) is 10.9. The summed E-state index contributed by atoms with van der Waals surface area (Å²) in [5.74, 6) is 4.86. The van der Waals surface area contributed by atoms with Crippen molar-refractivity contribution in [1.82, 2.24) is 14.4 Å². The van der Waals surface area contributed by atoms with Gasteiger partial charge in [0.05, 0.1) is 29.1 Å². The number of aryl methyl sites for hydroxylation is 2. The number of hydrogen-bond donors (Lipinski definition) is 0. The van der Waals surface area contributed by atoms with E-state index in [9.17, 15) is 0 Å². The van der Waals surface area contributed by atoms with Gasteiger partial charge in [-0.1, -0.05) is 123 Å². The lowest BCUT2D eigenvalue weighted by Crippen LogP contribution is -2.44. The Kier molecular flexibility index (Phi) is 9.23. The summed E-state index contributed by atoms with van der Waals surface area (Å²) in [6, 6.07) is 54.3. The van der Waals surface area contributed by atoms with Crippen LogP contribution in [0.15, 0.2) is 194 Å². The van der Waals surface area contributed by atoms with Gasteiger partial charge in [0.2, 0.25) is 0 Å². The number of allylic oxidation sites excluding steroid dienone is 4. The molecule has 0 unspecified atom stereocenters. The van der Waals surface area contributed by atoms with E-state index in [0.29, 0.717) is 6.67 Å². The number of nitrogens with zero attached hydrogens (tertiary/aromatic N) is 5. The van der Waals surface area contributed by atoms with Gasteiger partial charge in [-0.15, -0.1) is 0 Å². The van der Waals surface area contributed by atoms with Crippen LogP contribution in [0, 0.1) is 13.8 Å². The van der Waals surface area contributed by atoms with Crippen molar-refractivity contribution in [3.8, 4) is 17.3 Å². The van der Waals surface area contributed by atoms with E-state index in [1.165, 1.54) is 55.6 Å². The summed E-state index contributed by atoms with van der Waals surface area (Å²) in [5, 5.41) is 2.35. The largest absolute Gasteiger partial charge is 0.457 e. The van der Waals surface area contributed by atoms with Gasteiger partial charge in [-0.2, -0.15) is 0 Å². The third kappa shape index (κ3) is 6.90. The molecule has 6 aromatic carbocycles. The second-order valence-corrected chi connectivity index (χ2v) is 17.9. The van der Waals surface area contributed by atoms with Crippen molar-refractivity contribution in [2.45, 2.75) is 40.0 Å². The fourth-order valence-corrected chi connectivity index (χ4v) is 9.32. The van der Waals surface area contributed by atoms with E-state index in [0.717, 1.165) is 45.1 Å². The van der Waals surface area contributed by atoms with E-state index >= 15 is 0 Å². The zero-order valence-corrected chi connectivity index (χ0v) is 36.3. The normalized spacial score (nSPS) is 14.8. The third-order valence-corrected chi connectivity index (χ3v) is 12.7. The molecule has 2 aromatic heterocycles. The van der Waals surface area contributed by atoms with Crippen LogP contribution in [0.25, 0.3) is 38.8 Å². The summed E-state index contributed by atoms with van der Waals surface area (Å²) < 4.78 is 9.05. The summed E-state index contributed by atoms with van der Waals surface area (Å²) >= 11 is 0. The quantitative estimate of drug-likeness (QED) is 0.150. The van der Waals surface area contributed by atoms with Crippen LogP contribution in [0.5, 0.6) is 11.5 Å². The van der Waals surface area contributed by atoms with Crippen molar-refractivity contribution in [3.63, 3.8) is 0 Å². The fraction of sp³-hybridized carbons (Fsp3) is 0.125. The molecule has 0 spiro atoms. The van der Waals surface area contributed by atoms with Crippen LogP contribution in [-0.2, 0) is 5.41 Å². The summed E-state index contributed by atoms with van der Waals surface area (Å²) in [4.78, 5) is 12.1. The standard InChI is InChI=1S/C56H48BN5O/c1-38-17-21-40(22-18-38)42-28-31-59-32-29-47(41-23-19-39(2)20-24-41)55(57(59)36-42)61-37-60(51-15-8-9-16-52(51)61)44-11-10-12-45(34-44)63-46-25-26-49-48-13-6-7-14-50(48)62(53(49)35-46)54-33-43(27-30-58-54)56(3,4)5/h6-36H,37H2,1-5H3. The number of pyridine rings is 1. The Bertz CT molecular complexity index is 3200. The van der Waals surface area contributed by atoms with Gasteiger partial charge >= 0.3 is 6.85 Å². The van der Waals surface area contributed by atoms with Crippen molar-refractivity contribution in [2.24, 2.45) is 0 Å². The minimum atomic E-state index is -0.0214. The molecule has 0 bridgehead atoms. The Morgan fingerprint density at radius 2 is 1.29 bits per heavy atom. The number of rotatable bonds is 7. The number of ether oxygens (including phenoxy) is 1. The van der Waals surface area contributed by atoms with E-state index in [1.54, 1.807) is 0 Å². The molecule has 0 fully saturated rings. The molecule has 0 radical (unpaired) electrons. The third-order valence-electron chi connectivity index (χ3n) is 12.7. The molecule has 7 heteroatoms. The fourth-order valence-electron chi connectivity index (χ4n) is 9.32. The number of fused-ring (bicyclic) bond motifs is 5. The van der Waals surface area contributed by atoms with Gasteiger partial charge in [0.25, 0.3) is 0 Å². The van der Waals surface area contributed by atoms with Crippen LogP contribution in [0.3, 0.4) is 0 Å². The molecule has 0 N–H and O–H groups in total. The zero-order chi connectivity index (χ0) is 42.8. The number of benzene rings is 6. The first kappa shape index (κ1) is 38.4. The highest BCUT2D eigenvalue weighted by atomic mass is 16.5. The highest BCUT2D eigenvalue weighted by Crippen LogP contribution is 2.47. The predicted octanol–water partition coefficient (Wildman–Crippen LogP) is 13.7. The average molecular weight is 818 g/mol. The molecule has 5 heterocycles. The lowest BCUT2D eigenvalue weighted by molar-refractivity contribution is 0.483. The molecule has 0 saturated heterocycles. The van der Waals surface area contributed by atoms with E-state index in [1.807, 2.05) is 12.3 Å².